The summed E-state index contributed by atoms with van der Waals surface area (Å²) in [5.41, 5.74) is 6.82. The van der Waals surface area contributed by atoms with Gasteiger partial charge in [-0.15, -0.1) is 0 Å². The first kappa shape index (κ1) is 13.7. The van der Waals surface area contributed by atoms with Crippen LogP contribution in [0.2, 0.25) is 0 Å². The molecular formula is C15H22N2O2. The third kappa shape index (κ3) is 3.19. The van der Waals surface area contributed by atoms with Gasteiger partial charge in [-0.1, -0.05) is 19.8 Å². The molecule has 0 aromatic heterocycles. The number of anilines is 1. The summed E-state index contributed by atoms with van der Waals surface area (Å²) in [6.07, 6.45) is 3.75. The Balaban J connectivity index is 1.99. The molecule has 3 N–H and O–H groups in total. The number of carbonyl (C=O) groups excluding carboxylic acids is 1. The van der Waals surface area contributed by atoms with Crippen molar-refractivity contribution < 1.29 is 9.53 Å². The Bertz CT molecular complexity index is 459. The molecule has 0 saturated heterocycles. The van der Waals surface area contributed by atoms with E-state index in [0.717, 1.165) is 6.54 Å². The van der Waals surface area contributed by atoms with Gasteiger partial charge in [0.1, 0.15) is 5.75 Å². The van der Waals surface area contributed by atoms with Crippen LogP contribution >= 0.6 is 0 Å². The van der Waals surface area contributed by atoms with Gasteiger partial charge in [0, 0.05) is 18.3 Å². The summed E-state index contributed by atoms with van der Waals surface area (Å²) in [6.45, 7) is 3.00. The summed E-state index contributed by atoms with van der Waals surface area (Å²) in [5.74, 6) is 1.74. The van der Waals surface area contributed by atoms with Crippen molar-refractivity contribution >= 4 is 11.6 Å². The van der Waals surface area contributed by atoms with E-state index in [1.54, 1.807) is 25.3 Å². The van der Waals surface area contributed by atoms with Crippen LogP contribution in [0.3, 0.4) is 0 Å². The number of hydrogen-bond donors (Lipinski definition) is 2. The highest BCUT2D eigenvalue weighted by Gasteiger charge is 2.24. The van der Waals surface area contributed by atoms with Gasteiger partial charge in [-0.3, -0.25) is 4.79 Å². The van der Waals surface area contributed by atoms with E-state index in [2.05, 4.69) is 12.2 Å². The van der Waals surface area contributed by atoms with Crippen LogP contribution in [0.5, 0.6) is 5.75 Å². The van der Waals surface area contributed by atoms with Gasteiger partial charge in [-0.25, -0.2) is 0 Å². The zero-order chi connectivity index (χ0) is 13.8. The molecule has 1 aliphatic rings. The van der Waals surface area contributed by atoms with Crippen molar-refractivity contribution in [3.05, 3.63) is 23.8 Å². The minimum atomic E-state index is -0.0871. The highest BCUT2D eigenvalue weighted by Crippen LogP contribution is 2.30. The molecule has 19 heavy (non-hydrogen) atoms. The third-order valence-electron chi connectivity index (χ3n) is 4.03. The van der Waals surface area contributed by atoms with Crippen LogP contribution in [0.25, 0.3) is 0 Å². The predicted molar refractivity (Wildman–Crippen MR) is 76.2 cm³/mol. The van der Waals surface area contributed by atoms with Gasteiger partial charge in [0.25, 0.3) is 5.91 Å². The van der Waals surface area contributed by atoms with Gasteiger partial charge in [0.2, 0.25) is 0 Å². The normalized spacial score (nSPS) is 22.2. The number of nitrogen functional groups attached to an aromatic ring is 1. The fourth-order valence-electron chi connectivity index (χ4n) is 2.74. The maximum Gasteiger partial charge on any atom is 0.255 e. The highest BCUT2D eigenvalue weighted by molar-refractivity contribution is 5.97. The molecule has 0 aliphatic heterocycles. The largest absolute Gasteiger partial charge is 0.496 e. The Morgan fingerprint density at radius 2 is 2.26 bits per heavy atom. The van der Waals surface area contributed by atoms with Crippen molar-refractivity contribution in [1.82, 2.24) is 5.32 Å². The van der Waals surface area contributed by atoms with Crippen LogP contribution in [-0.2, 0) is 0 Å². The molecule has 1 amide bonds. The topological polar surface area (TPSA) is 64.3 Å². The van der Waals surface area contributed by atoms with Crippen LogP contribution in [0.1, 0.15) is 36.5 Å². The van der Waals surface area contributed by atoms with Crippen LogP contribution in [-0.4, -0.2) is 19.6 Å². The SMILES string of the molecule is COc1cc(N)ccc1C(=O)NCC1CCCC1C. The average Bonchev–Trinajstić information content (AvgIpc) is 2.81. The smallest absolute Gasteiger partial charge is 0.255 e. The maximum atomic E-state index is 12.2. The number of methoxy groups -OCH3 is 1. The van der Waals surface area contributed by atoms with E-state index in [1.165, 1.54) is 19.3 Å². The molecule has 1 saturated carbocycles. The fraction of sp³-hybridized carbons (Fsp3) is 0.533. The molecule has 4 nitrogen and oxygen atoms in total. The Labute approximate surface area is 114 Å². The molecular weight excluding hydrogens is 240 g/mol. The quantitative estimate of drug-likeness (QED) is 0.819. The number of nitrogens with two attached hydrogens (primary N) is 1. The zero-order valence-corrected chi connectivity index (χ0v) is 11.6. The molecule has 2 rings (SSSR count). The molecule has 2 unspecified atom stereocenters. The Hall–Kier alpha value is -1.71. The Morgan fingerprint density at radius 1 is 1.47 bits per heavy atom. The predicted octanol–water partition coefficient (Wildman–Crippen LogP) is 2.44. The molecule has 0 heterocycles. The van der Waals surface area contributed by atoms with Crippen molar-refractivity contribution in [2.75, 3.05) is 19.4 Å². The second kappa shape index (κ2) is 5.95. The summed E-state index contributed by atoms with van der Waals surface area (Å²) in [5, 5.41) is 3.01. The average molecular weight is 262 g/mol. The number of hydrogen-bond acceptors (Lipinski definition) is 3. The number of nitrogens with one attached hydrogen (secondary N) is 1. The summed E-state index contributed by atoms with van der Waals surface area (Å²) < 4.78 is 5.20. The number of benzene rings is 1. The van der Waals surface area contributed by atoms with Crippen molar-refractivity contribution in [3.63, 3.8) is 0 Å². The van der Waals surface area contributed by atoms with Gasteiger partial charge in [0.05, 0.1) is 12.7 Å². The number of carbonyl (C=O) groups is 1. The summed E-state index contributed by atoms with van der Waals surface area (Å²) in [7, 11) is 1.55. The van der Waals surface area contributed by atoms with E-state index in [1.807, 2.05) is 0 Å². The number of rotatable bonds is 4. The second-order valence-corrected chi connectivity index (χ2v) is 5.34. The molecule has 1 aliphatic carbocycles. The molecule has 0 bridgehead atoms. The molecule has 1 aromatic rings. The molecule has 2 atom stereocenters. The Kier molecular flexibility index (Phi) is 4.30. The van der Waals surface area contributed by atoms with Gasteiger partial charge < -0.3 is 15.8 Å². The fourth-order valence-corrected chi connectivity index (χ4v) is 2.74. The maximum absolute atomic E-state index is 12.2. The standard InChI is InChI=1S/C15H22N2O2/c1-10-4-3-5-11(10)9-17-15(18)13-7-6-12(16)8-14(13)19-2/h6-8,10-11H,3-5,9,16H2,1-2H3,(H,17,18). The minimum absolute atomic E-state index is 0.0871. The molecule has 0 spiro atoms. The monoisotopic (exact) mass is 262 g/mol. The number of amides is 1. The molecule has 104 valence electrons. The van der Waals surface area contributed by atoms with E-state index in [0.29, 0.717) is 28.8 Å². The van der Waals surface area contributed by atoms with Gasteiger partial charge in [-0.2, -0.15) is 0 Å². The first-order valence-electron chi connectivity index (χ1n) is 6.83. The molecule has 1 fully saturated rings. The van der Waals surface area contributed by atoms with E-state index in [4.69, 9.17) is 10.5 Å². The number of ether oxygens (including phenoxy) is 1. The zero-order valence-electron chi connectivity index (χ0n) is 11.6. The first-order chi connectivity index (χ1) is 9.11. The lowest BCUT2D eigenvalue weighted by atomic mass is 9.98. The molecule has 1 aromatic carbocycles. The van der Waals surface area contributed by atoms with Crippen LogP contribution < -0.4 is 15.8 Å². The highest BCUT2D eigenvalue weighted by atomic mass is 16.5. The summed E-state index contributed by atoms with van der Waals surface area (Å²) in [4.78, 5) is 12.2. The van der Waals surface area contributed by atoms with Crippen molar-refractivity contribution in [2.24, 2.45) is 11.8 Å². The summed E-state index contributed by atoms with van der Waals surface area (Å²) in [6, 6.07) is 5.10. The van der Waals surface area contributed by atoms with Crippen LogP contribution in [0.4, 0.5) is 5.69 Å². The lowest BCUT2D eigenvalue weighted by Crippen LogP contribution is -2.30. The van der Waals surface area contributed by atoms with E-state index < -0.39 is 0 Å². The molecule has 0 radical (unpaired) electrons. The Morgan fingerprint density at radius 3 is 2.89 bits per heavy atom. The second-order valence-electron chi connectivity index (χ2n) is 5.34. The molecule has 4 heteroatoms. The minimum Gasteiger partial charge on any atom is -0.496 e. The van der Waals surface area contributed by atoms with Crippen LogP contribution in [0, 0.1) is 11.8 Å². The lowest BCUT2D eigenvalue weighted by molar-refractivity contribution is 0.0941. The van der Waals surface area contributed by atoms with Crippen molar-refractivity contribution in [1.29, 1.82) is 0 Å². The third-order valence-corrected chi connectivity index (χ3v) is 4.03. The van der Waals surface area contributed by atoms with Gasteiger partial charge in [0.15, 0.2) is 0 Å². The van der Waals surface area contributed by atoms with E-state index >= 15 is 0 Å². The van der Waals surface area contributed by atoms with Gasteiger partial charge in [-0.05, 0) is 30.4 Å². The van der Waals surface area contributed by atoms with Gasteiger partial charge >= 0.3 is 0 Å². The van der Waals surface area contributed by atoms with E-state index in [9.17, 15) is 4.79 Å². The lowest BCUT2D eigenvalue weighted by Gasteiger charge is -2.16. The van der Waals surface area contributed by atoms with Crippen LogP contribution in [0.15, 0.2) is 18.2 Å². The van der Waals surface area contributed by atoms with E-state index in [-0.39, 0.29) is 5.91 Å². The first-order valence-corrected chi connectivity index (χ1v) is 6.83. The van der Waals surface area contributed by atoms with Crippen molar-refractivity contribution in [3.8, 4) is 5.75 Å². The van der Waals surface area contributed by atoms with Crippen molar-refractivity contribution in [2.45, 2.75) is 26.2 Å². The summed E-state index contributed by atoms with van der Waals surface area (Å²) >= 11 is 0.